The van der Waals surface area contributed by atoms with Crippen LogP contribution in [0.15, 0.2) is 16.5 Å². The standard InChI is InChI=1S/C10H14N2O2/c1-7-4-5-9(14-7)12-10(13)8-3-2-6-11-8/h4-5,8,11H,2-3,6H2,1H3,(H,12,13). The lowest BCUT2D eigenvalue weighted by Gasteiger charge is -2.08. The molecule has 2 rings (SSSR count). The molecule has 1 aromatic heterocycles. The Kier molecular flexibility index (Phi) is 2.54. The number of hydrogen-bond donors (Lipinski definition) is 2. The molecule has 4 heteroatoms. The molecule has 1 fully saturated rings. The highest BCUT2D eigenvalue weighted by molar-refractivity contribution is 5.93. The van der Waals surface area contributed by atoms with E-state index in [1.165, 1.54) is 0 Å². The van der Waals surface area contributed by atoms with Crippen LogP contribution in [0.2, 0.25) is 0 Å². The van der Waals surface area contributed by atoms with Crippen LogP contribution < -0.4 is 10.6 Å². The van der Waals surface area contributed by atoms with Gasteiger partial charge in [0, 0.05) is 6.07 Å². The zero-order valence-corrected chi connectivity index (χ0v) is 8.17. The third kappa shape index (κ3) is 1.96. The van der Waals surface area contributed by atoms with Gasteiger partial charge in [0.2, 0.25) is 5.91 Å². The van der Waals surface area contributed by atoms with Crippen LogP contribution in [0.3, 0.4) is 0 Å². The highest BCUT2D eigenvalue weighted by Gasteiger charge is 2.22. The predicted octanol–water partition coefficient (Wildman–Crippen LogP) is 1.28. The number of furan rings is 1. The van der Waals surface area contributed by atoms with Crippen LogP contribution >= 0.6 is 0 Å². The lowest BCUT2D eigenvalue weighted by Crippen LogP contribution is -2.35. The van der Waals surface area contributed by atoms with Gasteiger partial charge in [-0.2, -0.15) is 0 Å². The maximum absolute atomic E-state index is 11.6. The summed E-state index contributed by atoms with van der Waals surface area (Å²) in [6.07, 6.45) is 1.97. The van der Waals surface area contributed by atoms with Gasteiger partial charge < -0.3 is 9.73 Å². The minimum atomic E-state index is -0.0552. The molecule has 1 unspecified atom stereocenters. The summed E-state index contributed by atoms with van der Waals surface area (Å²) in [5.41, 5.74) is 0. The number of nitrogens with one attached hydrogen (secondary N) is 2. The van der Waals surface area contributed by atoms with Gasteiger partial charge in [-0.1, -0.05) is 0 Å². The molecule has 0 radical (unpaired) electrons. The normalized spacial score (nSPS) is 21.1. The van der Waals surface area contributed by atoms with Gasteiger partial charge in [-0.05, 0) is 32.4 Å². The fraction of sp³-hybridized carbons (Fsp3) is 0.500. The van der Waals surface area contributed by atoms with Crippen LogP contribution in [-0.2, 0) is 4.79 Å². The summed E-state index contributed by atoms with van der Waals surface area (Å²) >= 11 is 0. The highest BCUT2D eigenvalue weighted by atomic mass is 16.4. The number of aryl methyl sites for hydroxylation is 1. The second-order valence-corrected chi connectivity index (χ2v) is 3.55. The maximum atomic E-state index is 11.6. The number of carbonyl (C=O) groups is 1. The minimum Gasteiger partial charge on any atom is -0.446 e. The van der Waals surface area contributed by atoms with Crippen molar-refractivity contribution in [1.82, 2.24) is 5.32 Å². The van der Waals surface area contributed by atoms with Crippen molar-refractivity contribution in [1.29, 1.82) is 0 Å². The van der Waals surface area contributed by atoms with E-state index in [0.717, 1.165) is 25.1 Å². The lowest BCUT2D eigenvalue weighted by atomic mass is 10.2. The molecule has 2 heterocycles. The molecular formula is C10H14N2O2. The van der Waals surface area contributed by atoms with Crippen molar-refractivity contribution < 1.29 is 9.21 Å². The fourth-order valence-corrected chi connectivity index (χ4v) is 1.62. The molecule has 2 N–H and O–H groups in total. The first-order chi connectivity index (χ1) is 6.75. The molecule has 1 saturated heterocycles. The van der Waals surface area contributed by atoms with E-state index in [4.69, 9.17) is 4.42 Å². The summed E-state index contributed by atoms with van der Waals surface area (Å²) < 4.78 is 5.25. The Morgan fingerprint density at radius 2 is 2.50 bits per heavy atom. The largest absolute Gasteiger partial charge is 0.446 e. The number of anilines is 1. The topological polar surface area (TPSA) is 54.3 Å². The van der Waals surface area contributed by atoms with Crippen LogP contribution in [0, 0.1) is 6.92 Å². The molecule has 1 aliphatic rings. The van der Waals surface area contributed by atoms with Gasteiger partial charge in [-0.15, -0.1) is 0 Å². The van der Waals surface area contributed by atoms with E-state index < -0.39 is 0 Å². The summed E-state index contributed by atoms with van der Waals surface area (Å²) in [4.78, 5) is 11.6. The van der Waals surface area contributed by atoms with Crippen molar-refractivity contribution in [2.24, 2.45) is 0 Å². The van der Waals surface area contributed by atoms with E-state index >= 15 is 0 Å². The van der Waals surface area contributed by atoms with E-state index in [1.54, 1.807) is 6.07 Å². The molecule has 0 aliphatic carbocycles. The van der Waals surface area contributed by atoms with E-state index in [1.807, 2.05) is 13.0 Å². The van der Waals surface area contributed by atoms with Gasteiger partial charge in [0.1, 0.15) is 5.76 Å². The van der Waals surface area contributed by atoms with E-state index in [2.05, 4.69) is 10.6 Å². The minimum absolute atomic E-state index is 0.00292. The number of amides is 1. The monoisotopic (exact) mass is 194 g/mol. The number of carbonyl (C=O) groups excluding carboxylic acids is 1. The Balaban J connectivity index is 1.93. The van der Waals surface area contributed by atoms with E-state index in [-0.39, 0.29) is 11.9 Å². The average molecular weight is 194 g/mol. The van der Waals surface area contributed by atoms with Crippen LogP contribution in [0.5, 0.6) is 0 Å². The van der Waals surface area contributed by atoms with Crippen LogP contribution in [-0.4, -0.2) is 18.5 Å². The zero-order chi connectivity index (χ0) is 9.97. The molecule has 76 valence electrons. The molecule has 1 aliphatic heterocycles. The van der Waals surface area contributed by atoms with Gasteiger partial charge in [0.25, 0.3) is 0 Å². The second kappa shape index (κ2) is 3.84. The van der Waals surface area contributed by atoms with Gasteiger partial charge in [-0.25, -0.2) is 0 Å². The third-order valence-corrected chi connectivity index (χ3v) is 2.36. The molecule has 4 nitrogen and oxygen atoms in total. The first kappa shape index (κ1) is 9.27. The molecular weight excluding hydrogens is 180 g/mol. The molecule has 1 amide bonds. The van der Waals surface area contributed by atoms with Crippen LogP contribution in [0.4, 0.5) is 5.88 Å². The van der Waals surface area contributed by atoms with Crippen molar-refractivity contribution in [2.45, 2.75) is 25.8 Å². The Bertz CT molecular complexity index is 327. The average Bonchev–Trinajstić information content (AvgIpc) is 2.75. The highest BCUT2D eigenvalue weighted by Crippen LogP contribution is 2.13. The molecule has 1 aromatic rings. The predicted molar refractivity (Wildman–Crippen MR) is 53.1 cm³/mol. The van der Waals surface area contributed by atoms with Gasteiger partial charge in [0.15, 0.2) is 5.88 Å². The van der Waals surface area contributed by atoms with Crippen molar-refractivity contribution in [3.63, 3.8) is 0 Å². The Labute approximate surface area is 82.7 Å². The summed E-state index contributed by atoms with van der Waals surface area (Å²) in [6, 6.07) is 3.54. The molecule has 0 spiro atoms. The van der Waals surface area contributed by atoms with Crippen LogP contribution in [0.25, 0.3) is 0 Å². The summed E-state index contributed by atoms with van der Waals surface area (Å²) in [5, 5.41) is 5.87. The SMILES string of the molecule is Cc1ccc(NC(=O)C2CCCN2)o1. The summed E-state index contributed by atoms with van der Waals surface area (Å²) in [6.45, 7) is 2.78. The first-order valence-electron chi connectivity index (χ1n) is 4.86. The van der Waals surface area contributed by atoms with E-state index in [9.17, 15) is 4.79 Å². The summed E-state index contributed by atoms with van der Waals surface area (Å²) in [7, 11) is 0. The van der Waals surface area contributed by atoms with Gasteiger partial charge >= 0.3 is 0 Å². The second-order valence-electron chi connectivity index (χ2n) is 3.55. The van der Waals surface area contributed by atoms with Crippen LogP contribution in [0.1, 0.15) is 18.6 Å². The number of hydrogen-bond acceptors (Lipinski definition) is 3. The first-order valence-corrected chi connectivity index (χ1v) is 4.86. The van der Waals surface area contributed by atoms with Crippen molar-refractivity contribution >= 4 is 11.8 Å². The van der Waals surface area contributed by atoms with Gasteiger partial charge in [0.05, 0.1) is 6.04 Å². The molecule has 1 atom stereocenters. The zero-order valence-electron chi connectivity index (χ0n) is 8.17. The Morgan fingerprint density at radius 1 is 1.64 bits per heavy atom. The quantitative estimate of drug-likeness (QED) is 0.745. The molecule has 14 heavy (non-hydrogen) atoms. The van der Waals surface area contributed by atoms with Gasteiger partial charge in [-0.3, -0.25) is 10.1 Å². The maximum Gasteiger partial charge on any atom is 0.243 e. The van der Waals surface area contributed by atoms with E-state index in [0.29, 0.717) is 5.88 Å². The third-order valence-electron chi connectivity index (χ3n) is 2.36. The van der Waals surface area contributed by atoms with Crippen molar-refractivity contribution in [3.05, 3.63) is 17.9 Å². The smallest absolute Gasteiger partial charge is 0.243 e. The molecule has 0 saturated carbocycles. The summed E-state index contributed by atoms with van der Waals surface area (Å²) in [5.74, 6) is 1.33. The molecule has 0 bridgehead atoms. The molecule has 0 aromatic carbocycles. The van der Waals surface area contributed by atoms with Crippen molar-refractivity contribution in [3.8, 4) is 0 Å². The Hall–Kier alpha value is -1.29. The lowest BCUT2D eigenvalue weighted by molar-refractivity contribution is -0.117. The number of rotatable bonds is 2. The van der Waals surface area contributed by atoms with Crippen molar-refractivity contribution in [2.75, 3.05) is 11.9 Å². The Morgan fingerprint density at radius 3 is 3.07 bits per heavy atom. The fourth-order valence-electron chi connectivity index (χ4n) is 1.62.